The Balaban J connectivity index is 2.11. The van der Waals surface area contributed by atoms with E-state index in [0.29, 0.717) is 22.8 Å². The SMILES string of the molecule is CC(=O)C1=C(C=NCc2ccc(OCF)c(Cl)c2)C(N)C=CN1. The van der Waals surface area contributed by atoms with E-state index < -0.39 is 6.86 Å². The number of ether oxygens (including phenoxy) is 1. The minimum Gasteiger partial charge on any atom is -0.461 e. The Bertz CT molecular complexity index is 686. The van der Waals surface area contributed by atoms with Crippen LogP contribution in [0.4, 0.5) is 4.39 Å². The first kappa shape index (κ1) is 17.2. The Morgan fingerprint density at radius 3 is 3.00 bits per heavy atom. The summed E-state index contributed by atoms with van der Waals surface area (Å²) in [5.41, 5.74) is 7.86. The second kappa shape index (κ2) is 7.89. The number of hydrogen-bond donors (Lipinski definition) is 2. The lowest BCUT2D eigenvalue weighted by Gasteiger charge is -2.18. The molecule has 0 amide bonds. The molecule has 1 aliphatic rings. The van der Waals surface area contributed by atoms with Crippen LogP contribution in [0, 0.1) is 0 Å². The minimum absolute atomic E-state index is 0.109. The average Bonchev–Trinajstić information content (AvgIpc) is 2.51. The molecule has 122 valence electrons. The smallest absolute Gasteiger partial charge is 0.228 e. The lowest BCUT2D eigenvalue weighted by Crippen LogP contribution is -2.31. The highest BCUT2D eigenvalue weighted by Gasteiger charge is 2.17. The monoisotopic (exact) mass is 337 g/mol. The van der Waals surface area contributed by atoms with Gasteiger partial charge in [0.15, 0.2) is 5.78 Å². The summed E-state index contributed by atoms with van der Waals surface area (Å²) >= 11 is 5.99. The van der Waals surface area contributed by atoms with Gasteiger partial charge in [-0.15, -0.1) is 0 Å². The van der Waals surface area contributed by atoms with Gasteiger partial charge >= 0.3 is 0 Å². The largest absolute Gasteiger partial charge is 0.461 e. The summed E-state index contributed by atoms with van der Waals surface area (Å²) < 4.78 is 16.9. The van der Waals surface area contributed by atoms with Crippen molar-refractivity contribution < 1.29 is 13.9 Å². The Morgan fingerprint density at radius 2 is 2.35 bits per heavy atom. The molecule has 0 aromatic heterocycles. The summed E-state index contributed by atoms with van der Waals surface area (Å²) in [6.07, 6.45) is 4.97. The molecular weight excluding hydrogens is 321 g/mol. The number of hydrogen-bond acceptors (Lipinski definition) is 5. The van der Waals surface area contributed by atoms with Crippen LogP contribution >= 0.6 is 11.6 Å². The average molecular weight is 338 g/mol. The number of aliphatic imine (C=N–C) groups is 1. The van der Waals surface area contributed by atoms with Crippen LogP contribution in [0.2, 0.25) is 5.02 Å². The van der Waals surface area contributed by atoms with Crippen LogP contribution in [0.3, 0.4) is 0 Å². The van der Waals surface area contributed by atoms with Gasteiger partial charge in [0.25, 0.3) is 0 Å². The third-order valence-electron chi connectivity index (χ3n) is 3.24. The van der Waals surface area contributed by atoms with Gasteiger partial charge in [0.05, 0.1) is 23.3 Å². The van der Waals surface area contributed by atoms with Gasteiger partial charge in [0.2, 0.25) is 6.86 Å². The molecule has 0 fully saturated rings. The number of benzene rings is 1. The van der Waals surface area contributed by atoms with Crippen molar-refractivity contribution in [2.24, 2.45) is 10.7 Å². The quantitative estimate of drug-likeness (QED) is 0.782. The summed E-state index contributed by atoms with van der Waals surface area (Å²) in [7, 11) is 0. The van der Waals surface area contributed by atoms with Crippen molar-refractivity contribution in [3.8, 4) is 5.75 Å². The number of nitrogens with two attached hydrogens (primary N) is 1. The van der Waals surface area contributed by atoms with Crippen molar-refractivity contribution in [2.45, 2.75) is 19.5 Å². The van der Waals surface area contributed by atoms with Crippen molar-refractivity contribution in [2.75, 3.05) is 6.86 Å². The number of ketones is 1. The maximum Gasteiger partial charge on any atom is 0.228 e. The molecule has 1 unspecified atom stereocenters. The molecule has 0 radical (unpaired) electrons. The first-order valence-electron chi connectivity index (χ1n) is 6.94. The van der Waals surface area contributed by atoms with Crippen molar-refractivity contribution in [3.05, 3.63) is 52.3 Å². The van der Waals surface area contributed by atoms with Crippen LogP contribution in [0.5, 0.6) is 5.75 Å². The molecule has 23 heavy (non-hydrogen) atoms. The number of nitrogens with one attached hydrogen (secondary N) is 1. The number of carbonyl (C=O) groups is 1. The molecule has 1 atom stereocenters. The summed E-state index contributed by atoms with van der Waals surface area (Å²) in [6.45, 7) is 0.879. The summed E-state index contributed by atoms with van der Waals surface area (Å²) in [4.78, 5) is 15.9. The van der Waals surface area contributed by atoms with Gasteiger partial charge in [-0.05, 0) is 30.0 Å². The molecule has 1 aromatic rings. The van der Waals surface area contributed by atoms with E-state index in [2.05, 4.69) is 10.3 Å². The third-order valence-corrected chi connectivity index (χ3v) is 3.54. The van der Waals surface area contributed by atoms with Gasteiger partial charge in [-0.3, -0.25) is 9.79 Å². The maximum absolute atomic E-state index is 12.1. The van der Waals surface area contributed by atoms with Crippen LogP contribution in [-0.2, 0) is 11.3 Å². The molecule has 0 spiro atoms. The zero-order valence-electron chi connectivity index (χ0n) is 12.6. The van der Waals surface area contributed by atoms with E-state index in [0.717, 1.165) is 5.56 Å². The molecule has 1 heterocycles. The van der Waals surface area contributed by atoms with E-state index in [9.17, 15) is 9.18 Å². The van der Waals surface area contributed by atoms with Crippen molar-refractivity contribution in [1.29, 1.82) is 0 Å². The fraction of sp³-hybridized carbons (Fsp3) is 0.250. The van der Waals surface area contributed by atoms with Gasteiger partial charge < -0.3 is 15.8 Å². The molecule has 1 aliphatic heterocycles. The minimum atomic E-state index is -0.933. The maximum atomic E-state index is 12.1. The molecule has 0 saturated heterocycles. The predicted molar refractivity (Wildman–Crippen MR) is 88.2 cm³/mol. The lowest BCUT2D eigenvalue weighted by atomic mass is 10.0. The predicted octanol–water partition coefficient (Wildman–Crippen LogP) is 2.50. The van der Waals surface area contributed by atoms with E-state index in [-0.39, 0.29) is 17.6 Å². The topological polar surface area (TPSA) is 76.7 Å². The summed E-state index contributed by atoms with van der Waals surface area (Å²) in [5, 5.41) is 3.20. The lowest BCUT2D eigenvalue weighted by molar-refractivity contribution is -0.113. The van der Waals surface area contributed by atoms with E-state index in [1.54, 1.807) is 36.7 Å². The summed E-state index contributed by atoms with van der Waals surface area (Å²) in [6, 6.07) is 4.60. The molecule has 5 nitrogen and oxygen atoms in total. The summed E-state index contributed by atoms with van der Waals surface area (Å²) in [5.74, 6) is 0.175. The zero-order valence-corrected chi connectivity index (χ0v) is 13.3. The number of Topliss-reactive ketones (excluding diaryl/α,β-unsaturated/α-hetero) is 1. The van der Waals surface area contributed by atoms with E-state index in [1.165, 1.54) is 6.92 Å². The van der Waals surface area contributed by atoms with Crippen LogP contribution in [-0.4, -0.2) is 24.9 Å². The van der Waals surface area contributed by atoms with Gasteiger partial charge in [-0.25, -0.2) is 4.39 Å². The third kappa shape index (κ3) is 4.40. The van der Waals surface area contributed by atoms with Gasteiger partial charge in [0, 0.05) is 18.7 Å². The molecule has 0 saturated carbocycles. The van der Waals surface area contributed by atoms with Crippen LogP contribution in [0.15, 0.2) is 46.7 Å². The van der Waals surface area contributed by atoms with E-state index in [4.69, 9.17) is 22.1 Å². The normalized spacial score (nSPS) is 17.5. The number of rotatable bonds is 6. The van der Waals surface area contributed by atoms with Crippen LogP contribution in [0.25, 0.3) is 0 Å². The zero-order chi connectivity index (χ0) is 16.8. The van der Waals surface area contributed by atoms with Crippen LogP contribution < -0.4 is 15.8 Å². The highest BCUT2D eigenvalue weighted by atomic mass is 35.5. The Labute approximate surface area is 138 Å². The van der Waals surface area contributed by atoms with Gasteiger partial charge in [-0.2, -0.15) is 0 Å². The number of nitrogens with zero attached hydrogens (tertiary/aromatic N) is 1. The standard InChI is InChI=1S/C16H17ClFN3O2/c1-10(22)16-12(14(19)4-5-21-16)8-20-7-11-2-3-15(23-9-18)13(17)6-11/h2-6,8,14,21H,7,9,19H2,1H3. The number of alkyl halides is 1. The second-order valence-corrected chi connectivity index (χ2v) is 5.31. The molecule has 7 heteroatoms. The number of dihydropyridines is 1. The first-order chi connectivity index (χ1) is 11.0. The van der Waals surface area contributed by atoms with Gasteiger partial charge in [0.1, 0.15) is 5.75 Å². The Hall–Kier alpha value is -2.18. The molecule has 0 bridgehead atoms. The highest BCUT2D eigenvalue weighted by molar-refractivity contribution is 6.32. The number of carbonyl (C=O) groups excluding carboxylic acids is 1. The van der Waals surface area contributed by atoms with E-state index in [1.807, 2.05) is 0 Å². The number of halogens is 2. The number of allylic oxidation sites excluding steroid dienone is 1. The van der Waals surface area contributed by atoms with Crippen molar-refractivity contribution >= 4 is 23.6 Å². The van der Waals surface area contributed by atoms with Crippen molar-refractivity contribution in [1.82, 2.24) is 5.32 Å². The van der Waals surface area contributed by atoms with Crippen LogP contribution in [0.1, 0.15) is 12.5 Å². The molecule has 3 N–H and O–H groups in total. The van der Waals surface area contributed by atoms with Gasteiger partial charge in [-0.1, -0.05) is 17.7 Å². The van der Waals surface area contributed by atoms with Crippen molar-refractivity contribution in [3.63, 3.8) is 0 Å². The second-order valence-electron chi connectivity index (χ2n) is 4.90. The Kier molecular flexibility index (Phi) is 5.90. The molecule has 2 rings (SSSR count). The fourth-order valence-electron chi connectivity index (χ4n) is 2.11. The Morgan fingerprint density at radius 1 is 1.57 bits per heavy atom. The molecule has 1 aromatic carbocycles. The fourth-order valence-corrected chi connectivity index (χ4v) is 2.37. The first-order valence-corrected chi connectivity index (χ1v) is 7.31. The molecule has 0 aliphatic carbocycles. The highest BCUT2D eigenvalue weighted by Crippen LogP contribution is 2.25. The molecular formula is C16H17ClFN3O2. The van der Waals surface area contributed by atoms with E-state index >= 15 is 0 Å².